The molecule has 1 N–H and O–H groups in total. The molecule has 1 fully saturated rings. The summed E-state index contributed by atoms with van der Waals surface area (Å²) in [6.07, 6.45) is 1.70. The molecule has 0 bridgehead atoms. The molecule has 0 aromatic heterocycles. The predicted molar refractivity (Wildman–Crippen MR) is 104 cm³/mol. The number of thioether (sulfide) groups is 1. The smallest absolute Gasteiger partial charge is 0.293 e. The van der Waals surface area contributed by atoms with Crippen molar-refractivity contribution >= 4 is 34.9 Å². The number of nitrogens with zero attached hydrogens (tertiary/aromatic N) is 1. The van der Waals surface area contributed by atoms with Gasteiger partial charge in [-0.3, -0.25) is 19.3 Å². The molecule has 3 rings (SSSR count). The van der Waals surface area contributed by atoms with Crippen LogP contribution in [0.25, 0.3) is 6.08 Å². The minimum absolute atomic E-state index is 0.124. The maximum atomic E-state index is 12.4. The summed E-state index contributed by atoms with van der Waals surface area (Å²) in [7, 11) is 1.55. The van der Waals surface area contributed by atoms with Gasteiger partial charge in [-0.05, 0) is 47.7 Å². The van der Waals surface area contributed by atoms with Crippen LogP contribution in [0.15, 0.2) is 59.5 Å². The number of carbonyl (C=O) groups excluding carboxylic acids is 3. The van der Waals surface area contributed by atoms with Crippen molar-refractivity contribution in [3.63, 3.8) is 0 Å². The Kier molecular flexibility index (Phi) is 5.93. The molecular formula is C20H18N2O4S. The van der Waals surface area contributed by atoms with Crippen LogP contribution >= 0.6 is 11.8 Å². The fourth-order valence-electron chi connectivity index (χ4n) is 2.52. The number of hydrogen-bond acceptors (Lipinski definition) is 5. The Hall–Kier alpha value is -3.06. The van der Waals surface area contributed by atoms with Crippen molar-refractivity contribution in [3.05, 3.63) is 70.6 Å². The summed E-state index contributed by atoms with van der Waals surface area (Å²) in [4.78, 5) is 38.2. The summed E-state index contributed by atoms with van der Waals surface area (Å²) in [5.74, 6) is 0.0477. The lowest BCUT2D eigenvalue weighted by atomic mass is 10.2. The van der Waals surface area contributed by atoms with Gasteiger partial charge in [-0.15, -0.1) is 0 Å². The van der Waals surface area contributed by atoms with E-state index in [1.807, 2.05) is 30.3 Å². The Morgan fingerprint density at radius 2 is 1.81 bits per heavy atom. The van der Waals surface area contributed by atoms with Gasteiger partial charge in [-0.25, -0.2) is 0 Å². The van der Waals surface area contributed by atoms with Gasteiger partial charge in [0, 0.05) is 18.7 Å². The number of nitrogens with one attached hydrogen (secondary N) is 1. The molecule has 2 aromatic carbocycles. The topological polar surface area (TPSA) is 75.7 Å². The molecule has 2 aromatic rings. The van der Waals surface area contributed by atoms with E-state index in [0.717, 1.165) is 22.2 Å². The number of carbonyl (C=O) groups is 3. The second-order valence-corrected chi connectivity index (χ2v) is 6.72. The van der Waals surface area contributed by atoms with Crippen LogP contribution in [-0.2, 0) is 4.79 Å². The minimum Gasteiger partial charge on any atom is -0.497 e. The molecule has 1 saturated heterocycles. The highest BCUT2D eigenvalue weighted by Crippen LogP contribution is 2.31. The first-order valence-corrected chi connectivity index (χ1v) is 9.13. The second kappa shape index (κ2) is 8.55. The van der Waals surface area contributed by atoms with Gasteiger partial charge in [0.2, 0.25) is 0 Å². The van der Waals surface area contributed by atoms with Crippen molar-refractivity contribution in [2.75, 3.05) is 20.2 Å². The molecule has 1 aliphatic heterocycles. The third kappa shape index (κ3) is 4.57. The average molecular weight is 382 g/mol. The highest BCUT2D eigenvalue weighted by Gasteiger charge is 2.34. The monoisotopic (exact) mass is 382 g/mol. The molecule has 0 saturated carbocycles. The molecule has 27 heavy (non-hydrogen) atoms. The zero-order valence-electron chi connectivity index (χ0n) is 14.7. The third-order valence-electron chi connectivity index (χ3n) is 3.94. The van der Waals surface area contributed by atoms with Crippen LogP contribution in [0.4, 0.5) is 4.79 Å². The van der Waals surface area contributed by atoms with Crippen molar-refractivity contribution in [2.24, 2.45) is 0 Å². The molecule has 6 nitrogen and oxygen atoms in total. The van der Waals surface area contributed by atoms with E-state index in [-0.39, 0.29) is 30.1 Å². The molecule has 0 atom stereocenters. The van der Waals surface area contributed by atoms with E-state index in [1.165, 1.54) is 0 Å². The fourth-order valence-corrected chi connectivity index (χ4v) is 3.38. The van der Waals surface area contributed by atoms with E-state index in [0.29, 0.717) is 16.2 Å². The summed E-state index contributed by atoms with van der Waals surface area (Å²) in [5.41, 5.74) is 1.34. The SMILES string of the molecule is COc1ccc(C(=O)NCCN2C(=O)S/C(=C\c3ccccc3)C2=O)cc1. The molecule has 0 unspecified atom stereocenters. The van der Waals surface area contributed by atoms with Crippen molar-refractivity contribution in [1.82, 2.24) is 10.2 Å². The van der Waals surface area contributed by atoms with Crippen LogP contribution in [0, 0.1) is 0 Å². The summed E-state index contributed by atoms with van der Waals surface area (Å²) in [5, 5.41) is 2.38. The van der Waals surface area contributed by atoms with Gasteiger partial charge >= 0.3 is 0 Å². The Labute approximate surface area is 161 Å². The molecule has 1 heterocycles. The van der Waals surface area contributed by atoms with Crippen molar-refractivity contribution in [1.29, 1.82) is 0 Å². The number of rotatable bonds is 6. The molecule has 1 aliphatic rings. The zero-order valence-corrected chi connectivity index (χ0v) is 15.5. The summed E-state index contributed by atoms with van der Waals surface area (Å²) in [6.45, 7) is 0.306. The van der Waals surface area contributed by atoms with Gasteiger partial charge < -0.3 is 10.1 Å². The van der Waals surface area contributed by atoms with E-state index in [2.05, 4.69) is 5.32 Å². The van der Waals surface area contributed by atoms with Crippen molar-refractivity contribution in [3.8, 4) is 5.75 Å². The lowest BCUT2D eigenvalue weighted by molar-refractivity contribution is -0.122. The van der Waals surface area contributed by atoms with E-state index >= 15 is 0 Å². The summed E-state index contributed by atoms with van der Waals surface area (Å²) < 4.78 is 5.05. The largest absolute Gasteiger partial charge is 0.497 e. The Morgan fingerprint density at radius 1 is 1.11 bits per heavy atom. The van der Waals surface area contributed by atoms with Crippen LogP contribution in [0.2, 0.25) is 0 Å². The lowest BCUT2D eigenvalue weighted by Gasteiger charge is -2.13. The highest BCUT2D eigenvalue weighted by atomic mass is 32.2. The standard InChI is InChI=1S/C20H18N2O4S/c1-26-16-9-7-15(8-10-16)18(23)21-11-12-22-19(24)17(27-20(22)25)13-14-5-3-2-4-6-14/h2-10,13H,11-12H2,1H3,(H,21,23)/b17-13-. The van der Waals surface area contributed by atoms with Crippen LogP contribution in [0.5, 0.6) is 5.75 Å². The van der Waals surface area contributed by atoms with Crippen LogP contribution in [0.3, 0.4) is 0 Å². The van der Waals surface area contributed by atoms with Crippen LogP contribution in [-0.4, -0.2) is 42.2 Å². The predicted octanol–water partition coefficient (Wildman–Crippen LogP) is 3.16. The van der Waals surface area contributed by atoms with Crippen molar-refractivity contribution in [2.45, 2.75) is 0 Å². The van der Waals surface area contributed by atoms with Gasteiger partial charge in [0.05, 0.1) is 12.0 Å². The third-order valence-corrected chi connectivity index (χ3v) is 4.85. The number of amides is 3. The quantitative estimate of drug-likeness (QED) is 0.777. The summed E-state index contributed by atoms with van der Waals surface area (Å²) >= 11 is 0.908. The van der Waals surface area contributed by atoms with E-state index < -0.39 is 0 Å². The number of hydrogen-bond donors (Lipinski definition) is 1. The molecule has 0 spiro atoms. The van der Waals surface area contributed by atoms with Gasteiger partial charge in [0.1, 0.15) is 5.75 Å². The highest BCUT2D eigenvalue weighted by molar-refractivity contribution is 8.18. The first kappa shape index (κ1) is 18.7. The van der Waals surface area contributed by atoms with Gasteiger partial charge in [0.25, 0.3) is 17.1 Å². The van der Waals surface area contributed by atoms with Gasteiger partial charge in [-0.1, -0.05) is 30.3 Å². The van der Waals surface area contributed by atoms with E-state index in [4.69, 9.17) is 4.74 Å². The van der Waals surface area contributed by atoms with Crippen molar-refractivity contribution < 1.29 is 19.1 Å². The van der Waals surface area contributed by atoms with Crippen LogP contribution in [0.1, 0.15) is 15.9 Å². The van der Waals surface area contributed by atoms with Crippen LogP contribution < -0.4 is 10.1 Å². The molecule has 3 amide bonds. The normalized spacial score (nSPS) is 15.3. The minimum atomic E-state index is -0.340. The maximum absolute atomic E-state index is 12.4. The van der Waals surface area contributed by atoms with E-state index in [9.17, 15) is 14.4 Å². The Balaban J connectivity index is 1.56. The lowest BCUT2D eigenvalue weighted by Crippen LogP contribution is -2.37. The number of methoxy groups -OCH3 is 1. The Morgan fingerprint density at radius 3 is 2.48 bits per heavy atom. The Bertz CT molecular complexity index is 879. The number of benzene rings is 2. The van der Waals surface area contributed by atoms with Gasteiger partial charge in [-0.2, -0.15) is 0 Å². The zero-order chi connectivity index (χ0) is 19.2. The first-order valence-electron chi connectivity index (χ1n) is 8.31. The fraction of sp³-hybridized carbons (Fsp3) is 0.150. The molecular weight excluding hydrogens is 364 g/mol. The first-order chi connectivity index (χ1) is 13.1. The average Bonchev–Trinajstić information content (AvgIpc) is 2.96. The molecule has 7 heteroatoms. The number of ether oxygens (including phenoxy) is 1. The molecule has 138 valence electrons. The second-order valence-electron chi connectivity index (χ2n) is 5.73. The van der Waals surface area contributed by atoms with Gasteiger partial charge in [0.15, 0.2) is 0 Å². The summed E-state index contributed by atoms with van der Waals surface area (Å²) in [6, 6.07) is 16.0. The number of imide groups is 1. The molecule has 0 aliphatic carbocycles. The molecule has 0 radical (unpaired) electrons. The maximum Gasteiger partial charge on any atom is 0.293 e. The van der Waals surface area contributed by atoms with E-state index in [1.54, 1.807) is 37.5 Å².